The quantitative estimate of drug-likeness (QED) is 0.645. The summed E-state index contributed by atoms with van der Waals surface area (Å²) < 4.78 is 0. The van der Waals surface area contributed by atoms with Crippen molar-refractivity contribution in [2.24, 2.45) is 0 Å². The number of rotatable bonds is 4. The Morgan fingerprint density at radius 1 is 1.27 bits per heavy atom. The number of carboxylic acids is 1. The number of ketones is 1. The van der Waals surface area contributed by atoms with Gasteiger partial charge in [-0.2, -0.15) is 0 Å². The Balaban J connectivity index is 2.19. The summed E-state index contributed by atoms with van der Waals surface area (Å²) in [5, 5.41) is 10.3. The third kappa shape index (κ3) is 2.51. The number of carbonyl (C=O) groups excluding carboxylic acids is 1. The summed E-state index contributed by atoms with van der Waals surface area (Å²) in [4.78, 5) is 29.7. The maximum absolute atomic E-state index is 12.6. The fraction of sp³-hybridized carbons (Fsp3) is 0.125. The second kappa shape index (κ2) is 5.35. The monoisotopic (exact) mass is 316 g/mol. The second-order valence-corrected chi connectivity index (χ2v) is 5.60. The highest BCUT2D eigenvalue weighted by Crippen LogP contribution is 2.27. The van der Waals surface area contributed by atoms with Gasteiger partial charge >= 0.3 is 5.97 Å². The Bertz CT molecular complexity index is 892. The standard InChI is InChI=1S/C16H13ClN2O3/c1-8-4-13(18-7-8)16(22)15-11(6-14(20)21)10-5-9(17)2-3-12(10)19-15/h2-5,7,18-19H,6H2,1H3,(H,20,21). The lowest BCUT2D eigenvalue weighted by Crippen LogP contribution is -2.09. The number of aromatic amines is 2. The maximum atomic E-state index is 12.6. The molecule has 0 amide bonds. The van der Waals surface area contributed by atoms with E-state index in [-0.39, 0.29) is 17.9 Å². The topological polar surface area (TPSA) is 86.0 Å². The molecule has 0 aliphatic heterocycles. The van der Waals surface area contributed by atoms with Crippen LogP contribution in [0.3, 0.4) is 0 Å². The molecule has 0 saturated carbocycles. The lowest BCUT2D eigenvalue weighted by atomic mass is 10.0. The Kier molecular flexibility index (Phi) is 3.50. The van der Waals surface area contributed by atoms with Crippen LogP contribution in [0.15, 0.2) is 30.5 Å². The first-order valence-corrected chi connectivity index (χ1v) is 7.05. The second-order valence-electron chi connectivity index (χ2n) is 5.16. The first kappa shape index (κ1) is 14.4. The first-order chi connectivity index (χ1) is 10.5. The molecule has 0 saturated heterocycles. The number of aromatic nitrogens is 2. The van der Waals surface area contributed by atoms with Crippen LogP contribution >= 0.6 is 11.6 Å². The molecule has 0 radical (unpaired) electrons. The van der Waals surface area contributed by atoms with E-state index in [1.165, 1.54) is 0 Å². The minimum absolute atomic E-state index is 0.249. The van der Waals surface area contributed by atoms with Gasteiger partial charge in [0.1, 0.15) is 0 Å². The molecule has 3 aromatic rings. The molecule has 0 fully saturated rings. The lowest BCUT2D eigenvalue weighted by Gasteiger charge is -2.01. The number of halogens is 1. The van der Waals surface area contributed by atoms with Crippen molar-refractivity contribution in [1.82, 2.24) is 9.97 Å². The number of aliphatic carboxylic acids is 1. The minimum Gasteiger partial charge on any atom is -0.481 e. The van der Waals surface area contributed by atoms with Gasteiger partial charge in [-0.15, -0.1) is 0 Å². The first-order valence-electron chi connectivity index (χ1n) is 6.67. The van der Waals surface area contributed by atoms with Crippen molar-refractivity contribution in [3.63, 3.8) is 0 Å². The largest absolute Gasteiger partial charge is 0.481 e. The summed E-state index contributed by atoms with van der Waals surface area (Å²) >= 11 is 5.98. The van der Waals surface area contributed by atoms with Crippen LogP contribution in [-0.2, 0) is 11.2 Å². The van der Waals surface area contributed by atoms with Gasteiger partial charge in [-0.05, 0) is 36.8 Å². The highest BCUT2D eigenvalue weighted by molar-refractivity contribution is 6.31. The molecule has 112 valence electrons. The molecule has 1 aromatic carbocycles. The number of nitrogens with one attached hydrogen (secondary N) is 2. The average Bonchev–Trinajstić information content (AvgIpc) is 3.03. The lowest BCUT2D eigenvalue weighted by molar-refractivity contribution is -0.136. The molecule has 2 heterocycles. The Hall–Kier alpha value is -2.53. The number of carbonyl (C=O) groups is 2. The molecule has 2 aromatic heterocycles. The van der Waals surface area contributed by atoms with Crippen LogP contribution in [0.1, 0.15) is 27.3 Å². The van der Waals surface area contributed by atoms with Gasteiger partial charge in [0.25, 0.3) is 0 Å². The van der Waals surface area contributed by atoms with E-state index in [2.05, 4.69) is 9.97 Å². The van der Waals surface area contributed by atoms with E-state index in [1.807, 2.05) is 6.92 Å². The molecule has 22 heavy (non-hydrogen) atoms. The van der Waals surface area contributed by atoms with Crippen LogP contribution in [0.5, 0.6) is 0 Å². The SMILES string of the molecule is Cc1c[nH]c(C(=O)c2[nH]c3ccc(Cl)cc3c2CC(=O)O)c1. The fourth-order valence-corrected chi connectivity index (χ4v) is 2.69. The number of aryl methyl sites for hydroxylation is 1. The van der Waals surface area contributed by atoms with Gasteiger partial charge in [0.05, 0.1) is 17.8 Å². The third-order valence-corrected chi connectivity index (χ3v) is 3.73. The van der Waals surface area contributed by atoms with Crippen LogP contribution in [0.25, 0.3) is 10.9 Å². The van der Waals surface area contributed by atoms with E-state index >= 15 is 0 Å². The van der Waals surface area contributed by atoms with Crippen molar-refractivity contribution in [2.75, 3.05) is 0 Å². The summed E-state index contributed by atoms with van der Waals surface area (Å²) in [6.07, 6.45) is 1.48. The smallest absolute Gasteiger partial charge is 0.307 e. The van der Waals surface area contributed by atoms with Gasteiger partial charge in [0.2, 0.25) is 5.78 Å². The molecule has 3 rings (SSSR count). The van der Waals surface area contributed by atoms with Gasteiger partial charge in [-0.25, -0.2) is 0 Å². The molecule has 0 unspecified atom stereocenters. The van der Waals surface area contributed by atoms with Gasteiger partial charge in [0.15, 0.2) is 0 Å². The van der Waals surface area contributed by atoms with Gasteiger partial charge < -0.3 is 15.1 Å². The summed E-state index contributed by atoms with van der Waals surface area (Å²) in [5.74, 6) is -1.27. The zero-order chi connectivity index (χ0) is 15.9. The summed E-state index contributed by atoms with van der Waals surface area (Å²) in [6, 6.07) is 6.82. The molecular weight excluding hydrogens is 304 g/mol. The number of fused-ring (bicyclic) bond motifs is 1. The van der Waals surface area contributed by atoms with E-state index in [1.54, 1.807) is 30.5 Å². The molecule has 0 aliphatic carbocycles. The highest BCUT2D eigenvalue weighted by atomic mass is 35.5. The maximum Gasteiger partial charge on any atom is 0.307 e. The zero-order valence-corrected chi connectivity index (χ0v) is 12.5. The van der Waals surface area contributed by atoms with Crippen LogP contribution in [0.2, 0.25) is 5.02 Å². The molecule has 0 spiro atoms. The third-order valence-electron chi connectivity index (χ3n) is 3.50. The Morgan fingerprint density at radius 2 is 2.05 bits per heavy atom. The van der Waals surface area contributed by atoms with Gasteiger partial charge in [0, 0.05) is 27.7 Å². The molecular formula is C16H13ClN2O3. The molecule has 5 nitrogen and oxygen atoms in total. The normalized spacial score (nSPS) is 11.0. The molecule has 0 atom stereocenters. The molecule has 0 bridgehead atoms. The Morgan fingerprint density at radius 3 is 2.68 bits per heavy atom. The van der Waals surface area contributed by atoms with E-state index < -0.39 is 5.97 Å². The Labute approximate surface area is 130 Å². The van der Waals surface area contributed by atoms with Crippen molar-refractivity contribution in [3.8, 4) is 0 Å². The number of benzene rings is 1. The molecule has 3 N–H and O–H groups in total. The van der Waals surface area contributed by atoms with E-state index in [4.69, 9.17) is 16.7 Å². The average molecular weight is 317 g/mol. The van der Waals surface area contributed by atoms with Crippen LogP contribution in [0.4, 0.5) is 0 Å². The summed E-state index contributed by atoms with van der Waals surface area (Å²) in [6.45, 7) is 1.87. The van der Waals surface area contributed by atoms with E-state index in [9.17, 15) is 9.59 Å². The predicted octanol–water partition coefficient (Wildman–Crippen LogP) is 3.32. The van der Waals surface area contributed by atoms with Crippen molar-refractivity contribution in [3.05, 3.63) is 58.0 Å². The molecule has 0 aliphatic rings. The van der Waals surface area contributed by atoms with Crippen LogP contribution < -0.4 is 0 Å². The highest BCUT2D eigenvalue weighted by Gasteiger charge is 2.21. The zero-order valence-electron chi connectivity index (χ0n) is 11.7. The van der Waals surface area contributed by atoms with Crippen molar-refractivity contribution >= 4 is 34.3 Å². The van der Waals surface area contributed by atoms with Crippen LogP contribution in [-0.4, -0.2) is 26.8 Å². The summed E-state index contributed by atoms with van der Waals surface area (Å²) in [7, 11) is 0. The number of hydrogen-bond acceptors (Lipinski definition) is 2. The van der Waals surface area contributed by atoms with E-state index in [0.29, 0.717) is 27.2 Å². The van der Waals surface area contributed by atoms with Gasteiger partial charge in [-0.3, -0.25) is 9.59 Å². The number of hydrogen-bond donors (Lipinski definition) is 3. The van der Waals surface area contributed by atoms with Crippen molar-refractivity contribution < 1.29 is 14.7 Å². The van der Waals surface area contributed by atoms with Crippen LogP contribution in [0, 0.1) is 6.92 Å². The predicted molar refractivity (Wildman–Crippen MR) is 83.6 cm³/mol. The minimum atomic E-state index is -1.00. The number of H-pyrrole nitrogens is 2. The number of carboxylic acid groups (broad SMARTS) is 1. The van der Waals surface area contributed by atoms with E-state index in [0.717, 1.165) is 5.56 Å². The van der Waals surface area contributed by atoms with Gasteiger partial charge in [-0.1, -0.05) is 11.6 Å². The summed E-state index contributed by atoms with van der Waals surface area (Å²) in [5.41, 5.74) is 2.76. The van der Waals surface area contributed by atoms with Crippen molar-refractivity contribution in [2.45, 2.75) is 13.3 Å². The fourth-order valence-electron chi connectivity index (χ4n) is 2.52. The van der Waals surface area contributed by atoms with Crippen molar-refractivity contribution in [1.29, 1.82) is 0 Å². The molecule has 6 heteroatoms.